The maximum absolute atomic E-state index is 13.2. The van der Waals surface area contributed by atoms with Gasteiger partial charge in [0.1, 0.15) is 5.82 Å². The first-order chi connectivity index (χ1) is 14.5. The van der Waals surface area contributed by atoms with E-state index in [1.54, 1.807) is 0 Å². The molecular weight excluding hydrogens is 375 g/mol. The molecular formula is C26H31FN2O. The number of carbonyl (C=O) groups is 1. The number of nitrogens with one attached hydrogen (secondary N) is 1. The summed E-state index contributed by atoms with van der Waals surface area (Å²) in [5, 5.41) is 4.48. The zero-order chi connectivity index (χ0) is 21.1. The first-order valence-electron chi connectivity index (χ1n) is 11.1. The van der Waals surface area contributed by atoms with E-state index in [0.29, 0.717) is 30.8 Å². The van der Waals surface area contributed by atoms with Crippen LogP contribution >= 0.6 is 0 Å². The molecule has 4 heteroatoms. The van der Waals surface area contributed by atoms with Crippen LogP contribution < -0.4 is 5.32 Å². The van der Waals surface area contributed by atoms with Crippen molar-refractivity contribution in [2.24, 2.45) is 11.8 Å². The number of aryl methyl sites for hydroxylation is 1. The lowest BCUT2D eigenvalue weighted by Crippen LogP contribution is -2.43. The molecule has 158 valence electrons. The van der Waals surface area contributed by atoms with Gasteiger partial charge in [-0.3, -0.25) is 4.79 Å². The predicted molar refractivity (Wildman–Crippen MR) is 120 cm³/mol. The number of hydrogen-bond acceptors (Lipinski definition) is 1. The van der Waals surface area contributed by atoms with Gasteiger partial charge in [-0.1, -0.05) is 57.0 Å². The highest BCUT2D eigenvalue weighted by Gasteiger charge is 2.28. The largest absolute Gasteiger partial charge is 0.353 e. The second-order valence-corrected chi connectivity index (χ2v) is 8.87. The van der Waals surface area contributed by atoms with Crippen molar-refractivity contribution in [3.05, 3.63) is 71.7 Å². The van der Waals surface area contributed by atoms with Gasteiger partial charge in [0.05, 0.1) is 0 Å². The first-order valence-corrected chi connectivity index (χ1v) is 11.1. The molecule has 0 aliphatic heterocycles. The van der Waals surface area contributed by atoms with E-state index in [1.165, 1.54) is 35.9 Å². The Kier molecular flexibility index (Phi) is 6.21. The van der Waals surface area contributed by atoms with Crippen molar-refractivity contribution in [3.8, 4) is 0 Å². The third-order valence-corrected chi connectivity index (χ3v) is 6.81. The molecule has 0 unspecified atom stereocenters. The van der Waals surface area contributed by atoms with E-state index in [9.17, 15) is 9.18 Å². The second-order valence-electron chi connectivity index (χ2n) is 8.87. The van der Waals surface area contributed by atoms with E-state index < -0.39 is 0 Å². The number of fused-ring (bicyclic) bond motifs is 1. The minimum Gasteiger partial charge on any atom is -0.353 e. The lowest BCUT2D eigenvalue weighted by Gasteiger charge is -2.34. The highest BCUT2D eigenvalue weighted by molar-refractivity contribution is 5.85. The topological polar surface area (TPSA) is 34.0 Å². The van der Waals surface area contributed by atoms with Crippen LogP contribution in [0, 0.1) is 17.7 Å². The standard InChI is InChI=1S/C26H31FN2O/c1-18-6-5-8-24(19(18)2)28-26(30)15-12-21-17-29(25-9-4-3-7-23(21)25)16-20-10-13-22(27)14-11-20/h3-4,7,9-11,13-14,17-19,24H,5-6,8,12,15-16H2,1-2H3,(H,28,30)/t18-,19-,24-/m1/s1. The van der Waals surface area contributed by atoms with E-state index in [-0.39, 0.29) is 11.7 Å². The van der Waals surface area contributed by atoms with Crippen LogP contribution in [0.15, 0.2) is 54.7 Å². The monoisotopic (exact) mass is 406 g/mol. The number of nitrogens with zero attached hydrogens (tertiary/aromatic N) is 1. The Labute approximate surface area is 178 Å². The SMILES string of the molecule is C[C@@H]1[C@H](C)CCC[C@H]1NC(=O)CCc1cn(Cc2ccc(F)cc2)c2ccccc12. The van der Waals surface area contributed by atoms with E-state index in [1.807, 2.05) is 24.3 Å². The lowest BCUT2D eigenvalue weighted by atomic mass is 9.78. The molecule has 1 saturated carbocycles. The van der Waals surface area contributed by atoms with E-state index in [4.69, 9.17) is 0 Å². The Balaban J connectivity index is 1.45. The summed E-state index contributed by atoms with van der Waals surface area (Å²) in [5.41, 5.74) is 3.39. The van der Waals surface area contributed by atoms with Crippen molar-refractivity contribution >= 4 is 16.8 Å². The number of para-hydroxylation sites is 1. The highest BCUT2D eigenvalue weighted by Crippen LogP contribution is 2.29. The summed E-state index contributed by atoms with van der Waals surface area (Å²) in [6.45, 7) is 5.24. The van der Waals surface area contributed by atoms with E-state index in [2.05, 4.69) is 42.1 Å². The van der Waals surface area contributed by atoms with Gasteiger partial charge in [-0.05, 0) is 54.0 Å². The van der Waals surface area contributed by atoms with Gasteiger partial charge < -0.3 is 9.88 Å². The van der Waals surface area contributed by atoms with Crippen LogP contribution in [0.1, 0.15) is 50.7 Å². The fourth-order valence-corrected chi connectivity index (χ4v) is 4.75. The molecule has 30 heavy (non-hydrogen) atoms. The Hall–Kier alpha value is -2.62. The van der Waals surface area contributed by atoms with Crippen LogP contribution in [0.3, 0.4) is 0 Å². The van der Waals surface area contributed by atoms with Gasteiger partial charge >= 0.3 is 0 Å². The van der Waals surface area contributed by atoms with Crippen LogP contribution in [-0.2, 0) is 17.8 Å². The molecule has 0 saturated heterocycles. The average Bonchev–Trinajstić information content (AvgIpc) is 3.09. The number of halogens is 1. The van der Waals surface area contributed by atoms with Crippen molar-refractivity contribution in [1.82, 2.24) is 9.88 Å². The molecule has 0 radical (unpaired) electrons. The third kappa shape index (κ3) is 4.58. The zero-order valence-electron chi connectivity index (χ0n) is 17.9. The van der Waals surface area contributed by atoms with Crippen molar-refractivity contribution < 1.29 is 9.18 Å². The van der Waals surface area contributed by atoms with Crippen LogP contribution in [0.4, 0.5) is 4.39 Å². The molecule has 3 aromatic rings. The molecule has 1 heterocycles. The number of rotatable bonds is 6. The first kappa shape index (κ1) is 20.6. The summed E-state index contributed by atoms with van der Waals surface area (Å²) in [6.07, 6.45) is 6.93. The van der Waals surface area contributed by atoms with E-state index >= 15 is 0 Å². The summed E-state index contributed by atoms with van der Waals surface area (Å²) in [6, 6.07) is 15.2. The van der Waals surface area contributed by atoms with Crippen LogP contribution in [0.5, 0.6) is 0 Å². The molecule has 1 N–H and O–H groups in total. The van der Waals surface area contributed by atoms with Crippen molar-refractivity contribution in [3.63, 3.8) is 0 Å². The molecule has 1 amide bonds. The van der Waals surface area contributed by atoms with Gasteiger partial charge in [-0.2, -0.15) is 0 Å². The third-order valence-electron chi connectivity index (χ3n) is 6.81. The maximum atomic E-state index is 13.2. The van der Waals surface area contributed by atoms with Crippen molar-refractivity contribution in [2.45, 2.75) is 58.5 Å². The van der Waals surface area contributed by atoms with Crippen LogP contribution in [-0.4, -0.2) is 16.5 Å². The Morgan fingerprint density at radius 3 is 2.67 bits per heavy atom. The molecule has 4 rings (SSSR count). The van der Waals surface area contributed by atoms with Gasteiger partial charge in [0.2, 0.25) is 5.91 Å². The highest BCUT2D eigenvalue weighted by atomic mass is 19.1. The molecule has 0 spiro atoms. The molecule has 1 aliphatic rings. The lowest BCUT2D eigenvalue weighted by molar-refractivity contribution is -0.122. The van der Waals surface area contributed by atoms with Gasteiger partial charge in [-0.25, -0.2) is 4.39 Å². The van der Waals surface area contributed by atoms with Crippen LogP contribution in [0.2, 0.25) is 0 Å². The molecule has 3 nitrogen and oxygen atoms in total. The van der Waals surface area contributed by atoms with Crippen molar-refractivity contribution in [2.75, 3.05) is 0 Å². The summed E-state index contributed by atoms with van der Waals surface area (Å²) < 4.78 is 15.4. The van der Waals surface area contributed by atoms with Crippen LogP contribution in [0.25, 0.3) is 10.9 Å². The average molecular weight is 407 g/mol. The minimum atomic E-state index is -0.218. The summed E-state index contributed by atoms with van der Waals surface area (Å²) >= 11 is 0. The normalized spacial score (nSPS) is 21.6. The van der Waals surface area contributed by atoms with Gasteiger partial charge in [0.25, 0.3) is 0 Å². The summed E-state index contributed by atoms with van der Waals surface area (Å²) in [7, 11) is 0. The van der Waals surface area contributed by atoms with Gasteiger partial charge in [0, 0.05) is 36.1 Å². The number of benzene rings is 2. The Bertz CT molecular complexity index is 1010. The smallest absolute Gasteiger partial charge is 0.220 e. The van der Waals surface area contributed by atoms with Gasteiger partial charge in [-0.15, -0.1) is 0 Å². The Morgan fingerprint density at radius 2 is 1.87 bits per heavy atom. The quantitative estimate of drug-likeness (QED) is 0.560. The van der Waals surface area contributed by atoms with E-state index in [0.717, 1.165) is 23.9 Å². The predicted octanol–water partition coefficient (Wildman–Crippen LogP) is 5.70. The molecule has 2 aromatic carbocycles. The van der Waals surface area contributed by atoms with Gasteiger partial charge in [0.15, 0.2) is 0 Å². The number of carbonyl (C=O) groups excluding carboxylic acids is 1. The molecule has 1 fully saturated rings. The zero-order valence-corrected chi connectivity index (χ0v) is 17.9. The second kappa shape index (κ2) is 9.03. The molecule has 1 aromatic heterocycles. The summed E-state index contributed by atoms with van der Waals surface area (Å²) in [4.78, 5) is 12.6. The molecule has 0 bridgehead atoms. The minimum absolute atomic E-state index is 0.149. The van der Waals surface area contributed by atoms with Crippen molar-refractivity contribution in [1.29, 1.82) is 0 Å². The Morgan fingerprint density at radius 1 is 1.10 bits per heavy atom. The number of aromatic nitrogens is 1. The fraction of sp³-hybridized carbons (Fsp3) is 0.423. The maximum Gasteiger partial charge on any atom is 0.220 e. The fourth-order valence-electron chi connectivity index (χ4n) is 4.75. The number of hydrogen-bond donors (Lipinski definition) is 1. The number of amides is 1. The summed E-state index contributed by atoms with van der Waals surface area (Å²) in [5.74, 6) is 1.15. The molecule has 3 atom stereocenters. The molecule has 1 aliphatic carbocycles.